The van der Waals surface area contributed by atoms with E-state index >= 15 is 0 Å². The highest BCUT2D eigenvalue weighted by molar-refractivity contribution is 5.93. The van der Waals surface area contributed by atoms with E-state index in [1.54, 1.807) is 38.4 Å². The molecule has 122 valence electrons. The number of rotatable bonds is 4. The fourth-order valence-electron chi connectivity index (χ4n) is 2.09. The maximum Gasteiger partial charge on any atom is 0.253 e. The van der Waals surface area contributed by atoms with Gasteiger partial charge in [0.25, 0.3) is 5.91 Å². The Morgan fingerprint density at radius 3 is 2.29 bits per heavy atom. The van der Waals surface area contributed by atoms with E-state index in [4.69, 9.17) is 0 Å². The van der Waals surface area contributed by atoms with Crippen LogP contribution in [0.4, 0.5) is 0 Å². The second kappa shape index (κ2) is 8.54. The number of nitrogens with zero attached hydrogens (tertiary/aromatic N) is 1. The van der Waals surface area contributed by atoms with Crippen LogP contribution in [0.25, 0.3) is 0 Å². The van der Waals surface area contributed by atoms with Gasteiger partial charge in [0.15, 0.2) is 0 Å². The Kier molecular flexibility index (Phi) is 6.16. The molecule has 2 rings (SSSR count). The third-order valence-corrected chi connectivity index (χ3v) is 3.35. The summed E-state index contributed by atoms with van der Waals surface area (Å²) >= 11 is 0. The molecule has 0 saturated heterocycles. The average Bonchev–Trinajstić information content (AvgIpc) is 2.59. The molecule has 2 aromatic carbocycles. The van der Waals surface area contributed by atoms with Crippen molar-refractivity contribution < 1.29 is 9.59 Å². The van der Waals surface area contributed by atoms with Crippen molar-refractivity contribution in [2.75, 3.05) is 20.6 Å². The summed E-state index contributed by atoms with van der Waals surface area (Å²) in [5.74, 6) is 5.79. The van der Waals surface area contributed by atoms with Crippen molar-refractivity contribution in [3.8, 4) is 11.8 Å². The van der Waals surface area contributed by atoms with Gasteiger partial charge in [0, 0.05) is 25.2 Å². The third-order valence-electron chi connectivity index (χ3n) is 3.35. The zero-order chi connectivity index (χ0) is 17.4. The van der Waals surface area contributed by atoms with Crippen LogP contribution in [0.2, 0.25) is 0 Å². The van der Waals surface area contributed by atoms with Crippen molar-refractivity contribution in [3.05, 3.63) is 71.3 Å². The molecular weight excluding hydrogens is 300 g/mol. The highest BCUT2D eigenvalue weighted by atomic mass is 16.2. The summed E-state index contributed by atoms with van der Waals surface area (Å²) in [7, 11) is 3.43. The van der Waals surface area contributed by atoms with Gasteiger partial charge in [-0.25, -0.2) is 0 Å². The first-order valence-corrected chi connectivity index (χ1v) is 7.67. The number of carbonyl (C=O) groups excluding carboxylic acids is 2. The number of nitrogens with one attached hydrogen (secondary N) is 1. The molecule has 24 heavy (non-hydrogen) atoms. The normalized spacial score (nSPS) is 9.58. The lowest BCUT2D eigenvalue weighted by molar-refractivity contribution is -0.120. The molecular formula is C20H20N2O2. The Bertz CT molecular complexity index is 754. The Hall–Kier alpha value is -3.06. The van der Waals surface area contributed by atoms with Crippen LogP contribution in [-0.4, -0.2) is 37.4 Å². The van der Waals surface area contributed by atoms with Gasteiger partial charge in [0.05, 0.1) is 13.0 Å². The third kappa shape index (κ3) is 5.29. The van der Waals surface area contributed by atoms with Gasteiger partial charge >= 0.3 is 0 Å². The molecule has 1 N–H and O–H groups in total. The molecule has 0 heterocycles. The second-order valence-electron chi connectivity index (χ2n) is 5.52. The fraction of sp³-hybridized carbons (Fsp3) is 0.200. The van der Waals surface area contributed by atoms with Gasteiger partial charge < -0.3 is 10.2 Å². The Balaban J connectivity index is 1.83. The van der Waals surface area contributed by atoms with Crippen LogP contribution in [0, 0.1) is 11.8 Å². The van der Waals surface area contributed by atoms with Crippen molar-refractivity contribution in [1.82, 2.24) is 10.2 Å². The van der Waals surface area contributed by atoms with E-state index < -0.39 is 0 Å². The van der Waals surface area contributed by atoms with Crippen molar-refractivity contribution in [2.24, 2.45) is 0 Å². The average molecular weight is 320 g/mol. The van der Waals surface area contributed by atoms with E-state index in [0.717, 1.165) is 11.1 Å². The smallest absolute Gasteiger partial charge is 0.253 e. The van der Waals surface area contributed by atoms with Gasteiger partial charge in [0.1, 0.15) is 0 Å². The van der Waals surface area contributed by atoms with Gasteiger partial charge in [-0.1, -0.05) is 42.2 Å². The van der Waals surface area contributed by atoms with Crippen LogP contribution in [0.15, 0.2) is 54.6 Å². The van der Waals surface area contributed by atoms with E-state index in [0.29, 0.717) is 18.5 Å². The van der Waals surface area contributed by atoms with Crippen LogP contribution < -0.4 is 5.32 Å². The SMILES string of the molecule is CN(C)C(=O)c1ccc(C#CCNC(=O)Cc2ccccc2)cc1. The first-order valence-electron chi connectivity index (χ1n) is 7.67. The standard InChI is InChI=1S/C20H20N2O2/c1-22(2)20(24)18-12-10-16(11-13-18)9-6-14-21-19(23)15-17-7-4-3-5-8-17/h3-5,7-8,10-13H,14-15H2,1-2H3,(H,21,23). The zero-order valence-corrected chi connectivity index (χ0v) is 13.9. The lowest BCUT2D eigenvalue weighted by Gasteiger charge is -2.09. The molecule has 0 spiro atoms. The highest BCUT2D eigenvalue weighted by Gasteiger charge is 2.06. The minimum atomic E-state index is -0.0533. The summed E-state index contributed by atoms with van der Waals surface area (Å²) in [5.41, 5.74) is 2.41. The van der Waals surface area contributed by atoms with Gasteiger partial charge in [0.2, 0.25) is 5.91 Å². The molecule has 0 aliphatic rings. The monoisotopic (exact) mass is 320 g/mol. The van der Waals surface area contributed by atoms with E-state index in [1.807, 2.05) is 30.3 Å². The number of hydrogen-bond acceptors (Lipinski definition) is 2. The summed E-state index contributed by atoms with van der Waals surface area (Å²) in [4.78, 5) is 25.1. The number of hydrogen-bond donors (Lipinski definition) is 1. The number of carbonyl (C=O) groups is 2. The molecule has 0 radical (unpaired) electrons. The van der Waals surface area contributed by atoms with Crippen LogP contribution in [0.1, 0.15) is 21.5 Å². The van der Waals surface area contributed by atoms with Crippen LogP contribution in [0.5, 0.6) is 0 Å². The Labute approximate surface area is 142 Å². The van der Waals surface area contributed by atoms with E-state index in [2.05, 4.69) is 17.2 Å². The van der Waals surface area contributed by atoms with Crippen molar-refractivity contribution in [2.45, 2.75) is 6.42 Å². The van der Waals surface area contributed by atoms with Crippen molar-refractivity contribution in [3.63, 3.8) is 0 Å². The van der Waals surface area contributed by atoms with Crippen molar-refractivity contribution >= 4 is 11.8 Å². The van der Waals surface area contributed by atoms with Crippen LogP contribution in [0.3, 0.4) is 0 Å². The molecule has 0 fully saturated rings. The summed E-state index contributed by atoms with van der Waals surface area (Å²) < 4.78 is 0. The first-order chi connectivity index (χ1) is 11.6. The minimum absolute atomic E-state index is 0.0392. The van der Waals surface area contributed by atoms with E-state index in [1.165, 1.54) is 4.90 Å². The zero-order valence-electron chi connectivity index (χ0n) is 13.9. The summed E-state index contributed by atoms with van der Waals surface area (Å²) in [6.07, 6.45) is 0.351. The molecule has 0 aromatic heterocycles. The number of benzene rings is 2. The van der Waals surface area contributed by atoms with E-state index in [9.17, 15) is 9.59 Å². The molecule has 0 unspecified atom stereocenters. The van der Waals surface area contributed by atoms with Crippen LogP contribution >= 0.6 is 0 Å². The molecule has 0 aliphatic heterocycles. The predicted octanol–water partition coefficient (Wildman–Crippen LogP) is 2.10. The summed E-state index contributed by atoms with van der Waals surface area (Å²) in [6, 6.07) is 16.7. The molecule has 0 aliphatic carbocycles. The lowest BCUT2D eigenvalue weighted by atomic mass is 10.1. The van der Waals surface area contributed by atoms with Gasteiger partial charge in [-0.15, -0.1) is 0 Å². The fourth-order valence-corrected chi connectivity index (χ4v) is 2.09. The first kappa shape index (κ1) is 17.3. The molecule has 0 saturated carbocycles. The lowest BCUT2D eigenvalue weighted by Crippen LogP contribution is -2.25. The van der Waals surface area contributed by atoms with Crippen LogP contribution in [-0.2, 0) is 11.2 Å². The molecule has 4 nitrogen and oxygen atoms in total. The van der Waals surface area contributed by atoms with Crippen molar-refractivity contribution in [1.29, 1.82) is 0 Å². The molecule has 4 heteroatoms. The summed E-state index contributed by atoms with van der Waals surface area (Å²) in [6.45, 7) is 0.296. The van der Waals surface area contributed by atoms with Gasteiger partial charge in [-0.05, 0) is 29.8 Å². The molecule has 0 atom stereocenters. The quantitative estimate of drug-likeness (QED) is 0.877. The minimum Gasteiger partial charge on any atom is -0.345 e. The second-order valence-corrected chi connectivity index (χ2v) is 5.52. The number of amides is 2. The van der Waals surface area contributed by atoms with E-state index in [-0.39, 0.29) is 11.8 Å². The molecule has 2 amide bonds. The highest BCUT2D eigenvalue weighted by Crippen LogP contribution is 2.05. The maximum absolute atomic E-state index is 11.8. The Morgan fingerprint density at radius 2 is 1.67 bits per heavy atom. The Morgan fingerprint density at radius 1 is 1.00 bits per heavy atom. The van der Waals surface area contributed by atoms with Gasteiger partial charge in [-0.3, -0.25) is 9.59 Å². The molecule has 0 bridgehead atoms. The topological polar surface area (TPSA) is 49.4 Å². The largest absolute Gasteiger partial charge is 0.345 e. The molecule has 2 aromatic rings. The van der Waals surface area contributed by atoms with Gasteiger partial charge in [-0.2, -0.15) is 0 Å². The summed E-state index contributed by atoms with van der Waals surface area (Å²) in [5, 5.41) is 2.77. The maximum atomic E-state index is 11.8. The predicted molar refractivity (Wildman–Crippen MR) is 94.5 cm³/mol.